The van der Waals surface area contributed by atoms with Gasteiger partial charge in [0.25, 0.3) is 6.47 Å². The highest BCUT2D eigenvalue weighted by molar-refractivity contribution is 5.38. The molecule has 7 nitrogen and oxygen atoms in total. The Morgan fingerprint density at radius 3 is 2.64 bits per heavy atom. The summed E-state index contributed by atoms with van der Waals surface area (Å²) in [5.41, 5.74) is 0. The SMILES string of the molecule is O=COC1C(O)C(O)OC1C(O)CO. The maximum Gasteiger partial charge on any atom is 0.293 e. The molecule has 0 amide bonds. The molecule has 0 aliphatic carbocycles. The van der Waals surface area contributed by atoms with Crippen molar-refractivity contribution in [2.75, 3.05) is 6.61 Å². The molecule has 1 aliphatic heterocycles. The molecule has 0 aromatic carbocycles. The number of aliphatic hydroxyl groups is 4. The zero-order valence-electron chi connectivity index (χ0n) is 7.18. The lowest BCUT2D eigenvalue weighted by Gasteiger charge is -2.21. The Labute approximate surface area is 79.5 Å². The van der Waals surface area contributed by atoms with Gasteiger partial charge in [-0.2, -0.15) is 0 Å². The Balaban J connectivity index is 2.68. The molecule has 0 aromatic heterocycles. The number of hydrogen-bond donors (Lipinski definition) is 4. The highest BCUT2D eigenvalue weighted by atomic mass is 16.7. The fraction of sp³-hybridized carbons (Fsp3) is 0.857. The van der Waals surface area contributed by atoms with E-state index >= 15 is 0 Å². The fourth-order valence-electron chi connectivity index (χ4n) is 1.31. The minimum absolute atomic E-state index is 0.0758. The largest absolute Gasteiger partial charge is 0.459 e. The monoisotopic (exact) mass is 208 g/mol. The summed E-state index contributed by atoms with van der Waals surface area (Å²) in [7, 11) is 0. The molecule has 0 spiro atoms. The highest BCUT2D eigenvalue weighted by Gasteiger charge is 2.47. The first-order valence-electron chi connectivity index (χ1n) is 4.01. The van der Waals surface area contributed by atoms with Gasteiger partial charge in [-0.3, -0.25) is 4.79 Å². The van der Waals surface area contributed by atoms with Gasteiger partial charge < -0.3 is 29.9 Å². The van der Waals surface area contributed by atoms with E-state index < -0.39 is 37.3 Å². The zero-order chi connectivity index (χ0) is 10.7. The van der Waals surface area contributed by atoms with Crippen molar-refractivity contribution in [3.63, 3.8) is 0 Å². The molecule has 0 bridgehead atoms. The van der Waals surface area contributed by atoms with Crippen LogP contribution in [0.1, 0.15) is 0 Å². The van der Waals surface area contributed by atoms with Gasteiger partial charge in [-0.05, 0) is 0 Å². The summed E-state index contributed by atoms with van der Waals surface area (Å²) in [5, 5.41) is 36.1. The van der Waals surface area contributed by atoms with Crippen molar-refractivity contribution in [3.8, 4) is 0 Å². The van der Waals surface area contributed by atoms with E-state index in [1.54, 1.807) is 0 Å². The number of carbonyl (C=O) groups excluding carboxylic acids is 1. The van der Waals surface area contributed by atoms with Gasteiger partial charge >= 0.3 is 0 Å². The van der Waals surface area contributed by atoms with Crippen LogP contribution in [0.5, 0.6) is 0 Å². The van der Waals surface area contributed by atoms with E-state index in [1.165, 1.54) is 0 Å². The molecule has 1 rings (SSSR count). The summed E-state index contributed by atoms with van der Waals surface area (Å²) in [6.45, 7) is -0.546. The highest BCUT2D eigenvalue weighted by Crippen LogP contribution is 2.24. The Morgan fingerprint density at radius 2 is 2.14 bits per heavy atom. The Bertz CT molecular complexity index is 196. The number of aliphatic hydroxyl groups excluding tert-OH is 4. The van der Waals surface area contributed by atoms with Gasteiger partial charge in [0.1, 0.15) is 18.3 Å². The average molecular weight is 208 g/mol. The minimum atomic E-state index is -1.54. The molecule has 14 heavy (non-hydrogen) atoms. The van der Waals surface area contributed by atoms with Gasteiger partial charge in [0, 0.05) is 0 Å². The zero-order valence-corrected chi connectivity index (χ0v) is 7.18. The molecule has 4 N–H and O–H groups in total. The Hall–Kier alpha value is -0.730. The maximum atomic E-state index is 10.1. The van der Waals surface area contributed by atoms with Gasteiger partial charge in [-0.25, -0.2) is 0 Å². The van der Waals surface area contributed by atoms with Crippen molar-refractivity contribution in [1.82, 2.24) is 0 Å². The minimum Gasteiger partial charge on any atom is -0.459 e. The van der Waals surface area contributed by atoms with E-state index in [1.807, 2.05) is 0 Å². The molecule has 1 aliphatic rings. The van der Waals surface area contributed by atoms with Gasteiger partial charge in [0.2, 0.25) is 0 Å². The predicted octanol–water partition coefficient (Wildman–Crippen LogP) is -3.04. The van der Waals surface area contributed by atoms with Crippen molar-refractivity contribution >= 4 is 6.47 Å². The number of rotatable bonds is 4. The van der Waals surface area contributed by atoms with Gasteiger partial charge in [0.05, 0.1) is 6.61 Å². The summed E-state index contributed by atoms with van der Waals surface area (Å²) in [6.07, 6.45) is -6.59. The second kappa shape index (κ2) is 4.67. The summed E-state index contributed by atoms with van der Waals surface area (Å²) >= 11 is 0. The molecule has 82 valence electrons. The van der Waals surface area contributed by atoms with Gasteiger partial charge in [-0.1, -0.05) is 0 Å². The lowest BCUT2D eigenvalue weighted by molar-refractivity contribution is -0.153. The van der Waals surface area contributed by atoms with Crippen LogP contribution in [0.25, 0.3) is 0 Å². The Kier molecular flexibility index (Phi) is 3.78. The van der Waals surface area contributed by atoms with Crippen LogP contribution in [-0.4, -0.2) is 64.2 Å². The second-order valence-electron chi connectivity index (χ2n) is 2.93. The van der Waals surface area contributed by atoms with Crippen LogP contribution in [0.4, 0.5) is 0 Å². The first kappa shape index (κ1) is 11.3. The third-order valence-electron chi connectivity index (χ3n) is 2.03. The molecule has 5 atom stereocenters. The lowest BCUT2D eigenvalue weighted by atomic mass is 10.1. The molecule has 1 heterocycles. The Morgan fingerprint density at radius 1 is 1.50 bits per heavy atom. The average Bonchev–Trinajstić information content (AvgIpc) is 2.45. The number of hydrogen-bond acceptors (Lipinski definition) is 7. The van der Waals surface area contributed by atoms with E-state index in [-0.39, 0.29) is 6.47 Å². The van der Waals surface area contributed by atoms with E-state index in [4.69, 9.17) is 14.9 Å². The maximum absolute atomic E-state index is 10.1. The summed E-state index contributed by atoms with van der Waals surface area (Å²) < 4.78 is 9.14. The van der Waals surface area contributed by atoms with E-state index in [9.17, 15) is 15.0 Å². The standard InChI is InChI=1S/C7H12O7/c8-1-3(10)5-6(13-2-9)4(11)7(12)14-5/h2-8,10-12H,1H2. The van der Waals surface area contributed by atoms with Crippen LogP contribution in [0.3, 0.4) is 0 Å². The molecule has 0 saturated carbocycles. The van der Waals surface area contributed by atoms with Gasteiger partial charge in [-0.15, -0.1) is 0 Å². The summed E-state index contributed by atoms with van der Waals surface area (Å²) in [6, 6.07) is 0. The molecular weight excluding hydrogens is 196 g/mol. The van der Waals surface area contributed by atoms with E-state index in [0.717, 1.165) is 0 Å². The first-order valence-corrected chi connectivity index (χ1v) is 4.01. The van der Waals surface area contributed by atoms with Crippen LogP contribution in [0.15, 0.2) is 0 Å². The first-order chi connectivity index (χ1) is 6.61. The molecule has 7 heteroatoms. The normalized spacial score (nSPS) is 39.4. The number of carbonyl (C=O) groups is 1. The lowest BCUT2D eigenvalue weighted by Crippen LogP contribution is -2.42. The van der Waals surface area contributed by atoms with Crippen LogP contribution >= 0.6 is 0 Å². The third-order valence-corrected chi connectivity index (χ3v) is 2.03. The van der Waals surface area contributed by atoms with Crippen LogP contribution in [0.2, 0.25) is 0 Å². The summed E-state index contributed by atoms with van der Waals surface area (Å²) in [4.78, 5) is 10.1. The predicted molar refractivity (Wildman–Crippen MR) is 40.9 cm³/mol. The molecular formula is C7H12O7. The van der Waals surface area contributed by atoms with Crippen molar-refractivity contribution in [2.45, 2.75) is 30.7 Å². The molecule has 1 fully saturated rings. The second-order valence-corrected chi connectivity index (χ2v) is 2.93. The summed E-state index contributed by atoms with van der Waals surface area (Å²) in [5.74, 6) is 0. The smallest absolute Gasteiger partial charge is 0.293 e. The molecule has 5 unspecified atom stereocenters. The molecule has 0 aromatic rings. The van der Waals surface area contributed by atoms with Crippen LogP contribution in [0, 0.1) is 0 Å². The third kappa shape index (κ3) is 2.02. The van der Waals surface area contributed by atoms with Crippen molar-refractivity contribution in [3.05, 3.63) is 0 Å². The quantitative estimate of drug-likeness (QED) is 0.363. The van der Waals surface area contributed by atoms with Crippen LogP contribution < -0.4 is 0 Å². The van der Waals surface area contributed by atoms with E-state index in [0.29, 0.717) is 0 Å². The fourth-order valence-corrected chi connectivity index (χ4v) is 1.31. The topological polar surface area (TPSA) is 116 Å². The van der Waals surface area contributed by atoms with Crippen molar-refractivity contribution < 1.29 is 34.7 Å². The van der Waals surface area contributed by atoms with E-state index in [2.05, 4.69) is 4.74 Å². The van der Waals surface area contributed by atoms with Crippen LogP contribution in [-0.2, 0) is 14.3 Å². The molecule has 0 radical (unpaired) electrons. The van der Waals surface area contributed by atoms with Crippen molar-refractivity contribution in [2.24, 2.45) is 0 Å². The number of ether oxygens (including phenoxy) is 2. The van der Waals surface area contributed by atoms with Crippen molar-refractivity contribution in [1.29, 1.82) is 0 Å². The molecule has 1 saturated heterocycles. The van der Waals surface area contributed by atoms with Gasteiger partial charge in [0.15, 0.2) is 12.4 Å².